The number of amides is 1. The molecule has 1 aliphatic rings. The number of carbonyl (C=O) groups is 1. The quantitative estimate of drug-likeness (QED) is 0.762. The Kier molecular flexibility index (Phi) is 5.08. The average molecular weight is 405 g/mol. The van der Waals surface area contributed by atoms with Crippen molar-refractivity contribution in [2.45, 2.75) is 0 Å². The van der Waals surface area contributed by atoms with Gasteiger partial charge in [-0.2, -0.15) is 5.26 Å². The number of nitrogens with zero attached hydrogens (tertiary/aromatic N) is 3. The molecule has 1 amide bonds. The lowest BCUT2D eigenvalue weighted by Gasteiger charge is -2.36. The molecule has 0 radical (unpaired) electrons. The standard InChI is InChI=1S/C18H15BrClN3O/c19-16-10-13(12-21)4-5-17(16)22-6-8-23(9-7-22)18(24)14-2-1-3-15(20)11-14/h1-5,10-11H,6-9H2. The van der Waals surface area contributed by atoms with Crippen LogP contribution in [0.25, 0.3) is 0 Å². The van der Waals surface area contributed by atoms with Crippen LogP contribution in [0.5, 0.6) is 0 Å². The SMILES string of the molecule is N#Cc1ccc(N2CCN(C(=O)c3cccc(Cl)c3)CC2)c(Br)c1. The van der Waals surface area contributed by atoms with E-state index in [9.17, 15) is 4.79 Å². The molecule has 0 N–H and O–H groups in total. The van der Waals surface area contributed by atoms with Gasteiger partial charge >= 0.3 is 0 Å². The van der Waals surface area contributed by atoms with Crippen LogP contribution in [0, 0.1) is 11.3 Å². The highest BCUT2D eigenvalue weighted by atomic mass is 79.9. The summed E-state index contributed by atoms with van der Waals surface area (Å²) >= 11 is 9.49. The van der Waals surface area contributed by atoms with Crippen LogP contribution in [-0.2, 0) is 0 Å². The maximum Gasteiger partial charge on any atom is 0.254 e. The highest BCUT2D eigenvalue weighted by molar-refractivity contribution is 9.10. The predicted molar refractivity (Wildman–Crippen MR) is 98.4 cm³/mol. The van der Waals surface area contributed by atoms with Crippen LogP contribution in [-0.4, -0.2) is 37.0 Å². The zero-order valence-electron chi connectivity index (χ0n) is 12.9. The molecular formula is C18H15BrClN3O. The molecule has 122 valence electrons. The van der Waals surface area contributed by atoms with Crippen LogP contribution in [0.15, 0.2) is 46.9 Å². The fraction of sp³-hybridized carbons (Fsp3) is 0.222. The lowest BCUT2D eigenvalue weighted by Crippen LogP contribution is -2.48. The summed E-state index contributed by atoms with van der Waals surface area (Å²) in [4.78, 5) is 16.6. The van der Waals surface area contributed by atoms with Crippen molar-refractivity contribution in [1.82, 2.24) is 4.90 Å². The predicted octanol–water partition coefficient (Wildman–Crippen LogP) is 3.94. The monoisotopic (exact) mass is 403 g/mol. The molecule has 1 heterocycles. The number of anilines is 1. The Bertz CT molecular complexity index is 810. The second-order valence-corrected chi connectivity index (χ2v) is 6.86. The summed E-state index contributed by atoms with van der Waals surface area (Å²) in [6.45, 7) is 2.79. The number of hydrogen-bond donors (Lipinski definition) is 0. The molecule has 6 heteroatoms. The van der Waals surface area contributed by atoms with Gasteiger partial charge in [0.15, 0.2) is 0 Å². The third-order valence-corrected chi connectivity index (χ3v) is 4.93. The van der Waals surface area contributed by atoms with Gasteiger partial charge in [-0.15, -0.1) is 0 Å². The van der Waals surface area contributed by atoms with Gasteiger partial charge in [0.2, 0.25) is 0 Å². The summed E-state index contributed by atoms with van der Waals surface area (Å²) in [6.07, 6.45) is 0. The zero-order chi connectivity index (χ0) is 17.1. The van der Waals surface area contributed by atoms with Gasteiger partial charge in [0.25, 0.3) is 5.91 Å². The Morgan fingerprint density at radius 1 is 1.12 bits per heavy atom. The van der Waals surface area contributed by atoms with Gasteiger partial charge in [0, 0.05) is 41.2 Å². The number of nitriles is 1. The lowest BCUT2D eigenvalue weighted by molar-refractivity contribution is 0.0747. The number of rotatable bonds is 2. The van der Waals surface area contributed by atoms with E-state index in [2.05, 4.69) is 26.9 Å². The molecule has 0 aliphatic carbocycles. The Hall–Kier alpha value is -2.03. The van der Waals surface area contributed by atoms with E-state index in [4.69, 9.17) is 16.9 Å². The van der Waals surface area contributed by atoms with Gasteiger partial charge in [0.1, 0.15) is 0 Å². The molecule has 1 aliphatic heterocycles. The fourth-order valence-corrected chi connectivity index (χ4v) is 3.61. The molecule has 0 bridgehead atoms. The maximum absolute atomic E-state index is 12.5. The van der Waals surface area contributed by atoms with Gasteiger partial charge in [-0.05, 0) is 52.3 Å². The average Bonchev–Trinajstić information content (AvgIpc) is 2.61. The van der Waals surface area contributed by atoms with Gasteiger partial charge in [-0.25, -0.2) is 0 Å². The van der Waals surface area contributed by atoms with Crippen molar-refractivity contribution >= 4 is 39.1 Å². The molecule has 0 unspecified atom stereocenters. The minimum atomic E-state index is 0.0102. The van der Waals surface area contributed by atoms with Crippen molar-refractivity contribution in [2.24, 2.45) is 0 Å². The van der Waals surface area contributed by atoms with Crippen LogP contribution in [0.3, 0.4) is 0 Å². The van der Waals surface area contributed by atoms with E-state index in [1.165, 1.54) is 0 Å². The summed E-state index contributed by atoms with van der Waals surface area (Å²) < 4.78 is 0.899. The largest absolute Gasteiger partial charge is 0.367 e. The zero-order valence-corrected chi connectivity index (χ0v) is 15.2. The summed E-state index contributed by atoms with van der Waals surface area (Å²) in [5.41, 5.74) is 2.29. The molecule has 0 aromatic heterocycles. The first-order valence-electron chi connectivity index (χ1n) is 7.58. The Balaban J connectivity index is 1.68. The van der Waals surface area contributed by atoms with E-state index in [0.717, 1.165) is 23.2 Å². The van der Waals surface area contributed by atoms with E-state index in [-0.39, 0.29) is 5.91 Å². The van der Waals surface area contributed by atoms with Crippen molar-refractivity contribution in [3.63, 3.8) is 0 Å². The number of carbonyl (C=O) groups excluding carboxylic acids is 1. The molecule has 3 rings (SSSR count). The van der Waals surface area contributed by atoms with Crippen molar-refractivity contribution in [3.05, 3.63) is 63.1 Å². The third-order valence-electron chi connectivity index (χ3n) is 4.06. The normalized spacial score (nSPS) is 14.4. The van der Waals surface area contributed by atoms with E-state index in [1.54, 1.807) is 24.3 Å². The van der Waals surface area contributed by atoms with Crippen LogP contribution >= 0.6 is 27.5 Å². The molecule has 0 atom stereocenters. The minimum absolute atomic E-state index is 0.0102. The first-order chi connectivity index (χ1) is 11.6. The molecule has 0 saturated carbocycles. The summed E-state index contributed by atoms with van der Waals surface area (Å²) in [5.74, 6) is 0.0102. The number of halogens is 2. The van der Waals surface area contributed by atoms with E-state index in [1.807, 2.05) is 23.1 Å². The van der Waals surface area contributed by atoms with Crippen molar-refractivity contribution in [1.29, 1.82) is 5.26 Å². The smallest absolute Gasteiger partial charge is 0.254 e. The van der Waals surface area contributed by atoms with Crippen molar-refractivity contribution in [3.8, 4) is 6.07 Å². The first-order valence-corrected chi connectivity index (χ1v) is 8.75. The van der Waals surface area contributed by atoms with E-state index >= 15 is 0 Å². The van der Waals surface area contributed by atoms with E-state index in [0.29, 0.717) is 29.2 Å². The topological polar surface area (TPSA) is 47.3 Å². The van der Waals surface area contributed by atoms with Crippen LogP contribution < -0.4 is 4.90 Å². The van der Waals surface area contributed by atoms with Gasteiger partial charge < -0.3 is 9.80 Å². The minimum Gasteiger partial charge on any atom is -0.367 e. The van der Waals surface area contributed by atoms with Crippen molar-refractivity contribution < 1.29 is 4.79 Å². The highest BCUT2D eigenvalue weighted by Crippen LogP contribution is 2.28. The second-order valence-electron chi connectivity index (χ2n) is 5.57. The lowest BCUT2D eigenvalue weighted by atomic mass is 10.1. The Morgan fingerprint density at radius 3 is 2.50 bits per heavy atom. The number of benzene rings is 2. The third kappa shape index (κ3) is 3.55. The van der Waals surface area contributed by atoms with Crippen LogP contribution in [0.2, 0.25) is 5.02 Å². The molecule has 2 aromatic carbocycles. The van der Waals surface area contributed by atoms with Crippen LogP contribution in [0.1, 0.15) is 15.9 Å². The molecular weight excluding hydrogens is 390 g/mol. The highest BCUT2D eigenvalue weighted by Gasteiger charge is 2.23. The fourth-order valence-electron chi connectivity index (χ4n) is 2.79. The summed E-state index contributed by atoms with van der Waals surface area (Å²) in [6, 6.07) is 14.7. The first kappa shape index (κ1) is 16.8. The molecule has 0 spiro atoms. The number of hydrogen-bond acceptors (Lipinski definition) is 3. The second kappa shape index (κ2) is 7.25. The Morgan fingerprint density at radius 2 is 1.88 bits per heavy atom. The molecule has 2 aromatic rings. The van der Waals surface area contributed by atoms with Gasteiger partial charge in [0.05, 0.1) is 17.3 Å². The number of piperazine rings is 1. The molecule has 24 heavy (non-hydrogen) atoms. The summed E-state index contributed by atoms with van der Waals surface area (Å²) in [7, 11) is 0. The summed E-state index contributed by atoms with van der Waals surface area (Å²) in [5, 5.41) is 9.52. The Labute approximate surface area is 154 Å². The van der Waals surface area contributed by atoms with E-state index < -0.39 is 0 Å². The molecule has 4 nitrogen and oxygen atoms in total. The molecule has 1 fully saturated rings. The van der Waals surface area contributed by atoms with Crippen LogP contribution in [0.4, 0.5) is 5.69 Å². The molecule has 1 saturated heterocycles. The van der Waals surface area contributed by atoms with Gasteiger partial charge in [-0.1, -0.05) is 17.7 Å². The van der Waals surface area contributed by atoms with Crippen molar-refractivity contribution in [2.75, 3.05) is 31.1 Å². The van der Waals surface area contributed by atoms with Gasteiger partial charge in [-0.3, -0.25) is 4.79 Å². The maximum atomic E-state index is 12.5.